The highest BCUT2D eigenvalue weighted by atomic mass is 32.1. The second-order valence-corrected chi connectivity index (χ2v) is 6.34. The molecule has 1 amide bonds. The van der Waals surface area contributed by atoms with Gasteiger partial charge in [-0.15, -0.1) is 11.3 Å². The zero-order valence-electron chi connectivity index (χ0n) is 13.7. The molecule has 2 N–H and O–H groups in total. The Morgan fingerprint density at radius 2 is 2.16 bits per heavy atom. The SMILES string of the molecule is CCc1cc(=O)[nH]c(-c2cccc(NC(=O)/C=C/c3cccs3)c2)n1. The Balaban J connectivity index is 1.78. The number of thiophene rings is 1. The van der Waals surface area contributed by atoms with E-state index in [0.29, 0.717) is 17.9 Å². The smallest absolute Gasteiger partial charge is 0.251 e. The maximum atomic E-state index is 12.0. The van der Waals surface area contributed by atoms with Crippen molar-refractivity contribution < 1.29 is 4.79 Å². The van der Waals surface area contributed by atoms with Crippen molar-refractivity contribution in [1.82, 2.24) is 9.97 Å². The van der Waals surface area contributed by atoms with E-state index in [1.165, 1.54) is 12.1 Å². The number of amides is 1. The van der Waals surface area contributed by atoms with Crippen molar-refractivity contribution in [2.75, 3.05) is 5.32 Å². The van der Waals surface area contributed by atoms with Crippen molar-refractivity contribution in [1.29, 1.82) is 0 Å². The molecule has 3 rings (SSSR count). The van der Waals surface area contributed by atoms with Crippen molar-refractivity contribution >= 4 is 29.0 Å². The molecule has 0 atom stereocenters. The first-order valence-corrected chi connectivity index (χ1v) is 8.75. The fourth-order valence-corrected chi connectivity index (χ4v) is 2.92. The summed E-state index contributed by atoms with van der Waals surface area (Å²) in [6.07, 6.45) is 3.95. The van der Waals surface area contributed by atoms with Gasteiger partial charge >= 0.3 is 0 Å². The van der Waals surface area contributed by atoms with Gasteiger partial charge in [-0.25, -0.2) is 4.98 Å². The van der Waals surface area contributed by atoms with Crippen LogP contribution in [0.3, 0.4) is 0 Å². The van der Waals surface area contributed by atoms with E-state index in [-0.39, 0.29) is 11.5 Å². The molecule has 0 unspecified atom stereocenters. The van der Waals surface area contributed by atoms with Crippen molar-refractivity contribution in [3.63, 3.8) is 0 Å². The third-order valence-corrected chi connectivity index (χ3v) is 4.34. The van der Waals surface area contributed by atoms with Gasteiger partial charge in [0.05, 0.1) is 0 Å². The third-order valence-electron chi connectivity index (χ3n) is 3.50. The topological polar surface area (TPSA) is 74.8 Å². The number of hydrogen-bond donors (Lipinski definition) is 2. The summed E-state index contributed by atoms with van der Waals surface area (Å²) in [5.41, 5.74) is 1.93. The zero-order valence-corrected chi connectivity index (χ0v) is 14.5. The normalized spacial score (nSPS) is 10.9. The molecule has 5 nitrogen and oxygen atoms in total. The van der Waals surface area contributed by atoms with Crippen LogP contribution in [0.15, 0.2) is 58.7 Å². The molecule has 3 aromatic rings. The maximum absolute atomic E-state index is 12.0. The number of benzene rings is 1. The van der Waals surface area contributed by atoms with Crippen LogP contribution in [0.4, 0.5) is 5.69 Å². The minimum Gasteiger partial charge on any atom is -0.322 e. The number of nitrogens with one attached hydrogen (secondary N) is 2. The maximum Gasteiger partial charge on any atom is 0.251 e. The van der Waals surface area contributed by atoms with Crippen LogP contribution in [0.1, 0.15) is 17.5 Å². The number of aromatic nitrogens is 2. The lowest BCUT2D eigenvalue weighted by Crippen LogP contribution is -2.10. The fraction of sp³-hybridized carbons (Fsp3) is 0.105. The molecule has 0 saturated carbocycles. The van der Waals surface area contributed by atoms with E-state index in [2.05, 4.69) is 15.3 Å². The average molecular weight is 351 g/mol. The van der Waals surface area contributed by atoms with Gasteiger partial charge in [0.25, 0.3) is 5.56 Å². The largest absolute Gasteiger partial charge is 0.322 e. The molecule has 2 heterocycles. The second-order valence-electron chi connectivity index (χ2n) is 5.36. The summed E-state index contributed by atoms with van der Waals surface area (Å²) in [5.74, 6) is 0.281. The lowest BCUT2D eigenvalue weighted by molar-refractivity contribution is -0.111. The first-order chi connectivity index (χ1) is 12.1. The lowest BCUT2D eigenvalue weighted by atomic mass is 10.1. The number of carbonyl (C=O) groups is 1. The molecule has 1 aromatic carbocycles. The van der Waals surface area contributed by atoms with Gasteiger partial charge in [0.2, 0.25) is 5.91 Å². The average Bonchev–Trinajstić information content (AvgIpc) is 3.13. The van der Waals surface area contributed by atoms with Gasteiger partial charge in [-0.1, -0.05) is 25.1 Å². The number of aryl methyl sites for hydroxylation is 1. The Morgan fingerprint density at radius 3 is 2.92 bits per heavy atom. The Kier molecular flexibility index (Phi) is 5.20. The summed E-state index contributed by atoms with van der Waals surface area (Å²) in [6, 6.07) is 12.6. The monoisotopic (exact) mass is 351 g/mol. The van der Waals surface area contributed by atoms with E-state index < -0.39 is 0 Å². The lowest BCUT2D eigenvalue weighted by Gasteiger charge is -2.06. The molecule has 0 spiro atoms. The van der Waals surface area contributed by atoms with Gasteiger partial charge < -0.3 is 10.3 Å². The number of rotatable bonds is 5. The molecule has 0 bridgehead atoms. The van der Waals surface area contributed by atoms with Gasteiger partial charge in [0, 0.05) is 34.0 Å². The molecular weight excluding hydrogens is 334 g/mol. The number of hydrogen-bond acceptors (Lipinski definition) is 4. The summed E-state index contributed by atoms with van der Waals surface area (Å²) >= 11 is 1.57. The van der Waals surface area contributed by atoms with Crippen LogP contribution in [0, 0.1) is 0 Å². The standard InChI is InChI=1S/C19H17N3O2S/c1-2-14-12-18(24)22-19(21-14)13-5-3-6-15(11-13)20-17(23)9-8-16-7-4-10-25-16/h3-12H,2H2,1H3,(H,20,23)(H,21,22,24)/b9-8+. The number of anilines is 1. The van der Waals surface area contributed by atoms with E-state index in [1.54, 1.807) is 29.5 Å². The van der Waals surface area contributed by atoms with Gasteiger partial charge in [0.15, 0.2) is 0 Å². The van der Waals surface area contributed by atoms with E-state index in [0.717, 1.165) is 16.1 Å². The van der Waals surface area contributed by atoms with E-state index in [9.17, 15) is 9.59 Å². The molecule has 0 saturated heterocycles. The van der Waals surface area contributed by atoms with Crippen LogP contribution >= 0.6 is 11.3 Å². The molecule has 0 radical (unpaired) electrons. The molecule has 126 valence electrons. The van der Waals surface area contributed by atoms with Gasteiger partial charge in [-0.2, -0.15) is 0 Å². The Morgan fingerprint density at radius 1 is 1.28 bits per heavy atom. The van der Waals surface area contributed by atoms with E-state index in [1.807, 2.05) is 36.6 Å². The highest BCUT2D eigenvalue weighted by Gasteiger charge is 2.05. The van der Waals surface area contributed by atoms with Crippen molar-refractivity contribution in [3.8, 4) is 11.4 Å². The number of H-pyrrole nitrogens is 1. The summed E-state index contributed by atoms with van der Waals surface area (Å²) < 4.78 is 0. The highest BCUT2D eigenvalue weighted by Crippen LogP contribution is 2.19. The van der Waals surface area contributed by atoms with Crippen molar-refractivity contribution in [2.24, 2.45) is 0 Å². The highest BCUT2D eigenvalue weighted by molar-refractivity contribution is 7.10. The van der Waals surface area contributed by atoms with Crippen LogP contribution in [-0.4, -0.2) is 15.9 Å². The molecule has 0 aliphatic carbocycles. The fourth-order valence-electron chi connectivity index (χ4n) is 2.30. The molecule has 0 aliphatic rings. The number of carbonyl (C=O) groups excluding carboxylic acids is 1. The van der Waals surface area contributed by atoms with Crippen molar-refractivity contribution in [2.45, 2.75) is 13.3 Å². The Bertz CT molecular complexity index is 959. The zero-order chi connectivity index (χ0) is 17.6. The summed E-state index contributed by atoms with van der Waals surface area (Å²) in [7, 11) is 0. The van der Waals surface area contributed by atoms with Gasteiger partial charge in [-0.3, -0.25) is 9.59 Å². The van der Waals surface area contributed by atoms with Crippen molar-refractivity contribution in [3.05, 3.63) is 74.8 Å². The molecule has 6 heteroatoms. The minimum atomic E-state index is -0.214. The molecule has 0 aliphatic heterocycles. The van der Waals surface area contributed by atoms with E-state index >= 15 is 0 Å². The third kappa shape index (κ3) is 4.51. The number of aromatic amines is 1. The predicted molar refractivity (Wildman–Crippen MR) is 102 cm³/mol. The summed E-state index contributed by atoms with van der Waals surface area (Å²) in [6.45, 7) is 1.95. The molecule has 2 aromatic heterocycles. The first-order valence-electron chi connectivity index (χ1n) is 7.87. The minimum absolute atomic E-state index is 0.185. The summed E-state index contributed by atoms with van der Waals surface area (Å²) in [4.78, 5) is 32.0. The van der Waals surface area contributed by atoms with Gasteiger partial charge in [-0.05, 0) is 36.1 Å². The second kappa shape index (κ2) is 7.72. The first kappa shape index (κ1) is 16.9. The van der Waals surface area contributed by atoms with Crippen LogP contribution in [0.25, 0.3) is 17.5 Å². The van der Waals surface area contributed by atoms with E-state index in [4.69, 9.17) is 0 Å². The Hall–Kier alpha value is -2.99. The molecule has 0 fully saturated rings. The summed E-state index contributed by atoms with van der Waals surface area (Å²) in [5, 5.41) is 4.77. The van der Waals surface area contributed by atoms with Crippen LogP contribution in [0.2, 0.25) is 0 Å². The van der Waals surface area contributed by atoms with Crippen LogP contribution < -0.4 is 10.9 Å². The van der Waals surface area contributed by atoms with Crippen LogP contribution in [0.5, 0.6) is 0 Å². The predicted octanol–water partition coefficient (Wildman–Crippen LogP) is 3.71. The molecular formula is C19H17N3O2S. The Labute approximate surface area is 149 Å². The van der Waals surface area contributed by atoms with Gasteiger partial charge in [0.1, 0.15) is 5.82 Å². The number of nitrogens with zero attached hydrogens (tertiary/aromatic N) is 1. The van der Waals surface area contributed by atoms with Crippen LogP contribution in [-0.2, 0) is 11.2 Å². The molecule has 25 heavy (non-hydrogen) atoms. The quantitative estimate of drug-likeness (QED) is 0.688.